The van der Waals surface area contributed by atoms with Gasteiger partial charge in [0.2, 0.25) is 0 Å². The van der Waals surface area contributed by atoms with Gasteiger partial charge in [0.15, 0.2) is 6.61 Å². The molecule has 0 spiro atoms. The van der Waals surface area contributed by atoms with Crippen LogP contribution in [0.3, 0.4) is 0 Å². The lowest BCUT2D eigenvalue weighted by Crippen LogP contribution is -2.23. The van der Waals surface area contributed by atoms with Crippen molar-refractivity contribution in [3.63, 3.8) is 0 Å². The molecular weight excluding hydrogens is 134 g/mol. The summed E-state index contributed by atoms with van der Waals surface area (Å²) < 4.78 is 4.31. The highest BCUT2D eigenvalue weighted by Crippen LogP contribution is 1.99. The molecule has 58 valence electrons. The molecule has 0 atom stereocenters. The molecule has 1 fully saturated rings. The Morgan fingerprint density at radius 2 is 1.90 bits per heavy atom. The van der Waals surface area contributed by atoms with E-state index in [0.29, 0.717) is 0 Å². The Hall–Kier alpha value is -1.06. The first-order valence-corrected chi connectivity index (χ1v) is 3.15. The number of ether oxygens (including phenoxy) is 1. The second-order valence-corrected chi connectivity index (χ2v) is 1.51. The minimum Gasteiger partial charge on any atom is -0.439 e. The predicted octanol–water partition coefficient (Wildman–Crippen LogP) is 0.621. The van der Waals surface area contributed by atoms with Gasteiger partial charge in [-0.25, -0.2) is 9.69 Å². The van der Waals surface area contributed by atoms with E-state index in [9.17, 15) is 9.59 Å². The van der Waals surface area contributed by atoms with Crippen LogP contribution in [0.2, 0.25) is 0 Å². The molecule has 10 heavy (non-hydrogen) atoms. The summed E-state index contributed by atoms with van der Waals surface area (Å²) in [5, 5.41) is 0. The van der Waals surface area contributed by atoms with Crippen LogP contribution in [0.1, 0.15) is 13.8 Å². The summed E-state index contributed by atoms with van der Waals surface area (Å²) in [4.78, 5) is 21.6. The van der Waals surface area contributed by atoms with Gasteiger partial charge in [-0.2, -0.15) is 0 Å². The van der Waals surface area contributed by atoms with Crippen LogP contribution in [0.15, 0.2) is 0 Å². The monoisotopic (exact) mass is 145 g/mol. The summed E-state index contributed by atoms with van der Waals surface area (Å²) in [5.74, 6) is -0.282. The number of amides is 2. The van der Waals surface area contributed by atoms with E-state index < -0.39 is 6.09 Å². The Morgan fingerprint density at radius 3 is 2.00 bits per heavy atom. The third kappa shape index (κ3) is 1.72. The molecule has 0 aromatic heterocycles. The van der Waals surface area contributed by atoms with Crippen molar-refractivity contribution in [1.82, 2.24) is 4.90 Å². The van der Waals surface area contributed by atoms with Gasteiger partial charge in [0, 0.05) is 7.05 Å². The first kappa shape index (κ1) is 8.94. The van der Waals surface area contributed by atoms with E-state index in [-0.39, 0.29) is 12.5 Å². The van der Waals surface area contributed by atoms with E-state index in [4.69, 9.17) is 0 Å². The van der Waals surface area contributed by atoms with Crippen molar-refractivity contribution < 1.29 is 14.3 Å². The van der Waals surface area contributed by atoms with Gasteiger partial charge in [-0.05, 0) is 0 Å². The number of cyclic esters (lactones) is 1. The lowest BCUT2D eigenvalue weighted by molar-refractivity contribution is -0.125. The number of nitrogens with zero attached hydrogens (tertiary/aromatic N) is 1. The highest BCUT2D eigenvalue weighted by atomic mass is 16.6. The number of rotatable bonds is 0. The van der Waals surface area contributed by atoms with Gasteiger partial charge in [-0.1, -0.05) is 13.8 Å². The van der Waals surface area contributed by atoms with E-state index in [1.165, 1.54) is 7.05 Å². The molecule has 1 rings (SSSR count). The van der Waals surface area contributed by atoms with Crippen molar-refractivity contribution >= 4 is 12.0 Å². The number of hydrogen-bond donors (Lipinski definition) is 0. The van der Waals surface area contributed by atoms with Crippen molar-refractivity contribution in [3.05, 3.63) is 0 Å². The maximum absolute atomic E-state index is 10.4. The Labute approximate surface area is 59.8 Å². The average Bonchev–Trinajstić information content (AvgIpc) is 2.25. The number of likely N-dealkylation sites (N-methyl/N-ethyl adjacent to an activating group) is 1. The predicted molar refractivity (Wildman–Crippen MR) is 35.5 cm³/mol. The van der Waals surface area contributed by atoms with Gasteiger partial charge >= 0.3 is 6.09 Å². The molecule has 2 amide bonds. The van der Waals surface area contributed by atoms with Crippen LogP contribution in [0, 0.1) is 0 Å². The van der Waals surface area contributed by atoms with E-state index in [1.807, 2.05) is 13.8 Å². The lowest BCUT2D eigenvalue weighted by Gasteiger charge is -1.96. The molecule has 0 unspecified atom stereocenters. The Morgan fingerprint density at radius 1 is 1.40 bits per heavy atom. The summed E-state index contributed by atoms with van der Waals surface area (Å²) in [7, 11) is 1.39. The Bertz CT molecular complexity index is 128. The van der Waals surface area contributed by atoms with Crippen molar-refractivity contribution in [2.24, 2.45) is 0 Å². The molecule has 4 heteroatoms. The minimum absolute atomic E-state index is 0.102. The largest absolute Gasteiger partial charge is 0.439 e. The summed E-state index contributed by atoms with van der Waals surface area (Å²) in [5.41, 5.74) is 0. The molecule has 0 N–H and O–H groups in total. The van der Waals surface area contributed by atoms with E-state index in [2.05, 4.69) is 4.74 Å². The minimum atomic E-state index is -0.560. The van der Waals surface area contributed by atoms with Crippen LogP contribution in [-0.4, -0.2) is 30.6 Å². The standard InChI is InChI=1S/C4H5NO3.C2H6/c1-5-3(6)2-8-4(5)7;1-2/h2H2,1H3;1-2H3. The smallest absolute Gasteiger partial charge is 0.416 e. The van der Waals surface area contributed by atoms with E-state index >= 15 is 0 Å². The second kappa shape index (κ2) is 3.87. The molecule has 0 bridgehead atoms. The molecule has 1 saturated heterocycles. The molecule has 0 aliphatic carbocycles. The molecule has 0 aromatic carbocycles. The van der Waals surface area contributed by atoms with Gasteiger partial charge in [-0.3, -0.25) is 4.79 Å². The Kier molecular flexibility index (Phi) is 3.46. The fraction of sp³-hybridized carbons (Fsp3) is 0.667. The first-order valence-electron chi connectivity index (χ1n) is 3.15. The van der Waals surface area contributed by atoms with E-state index in [0.717, 1.165) is 4.90 Å². The van der Waals surface area contributed by atoms with Gasteiger partial charge in [-0.15, -0.1) is 0 Å². The number of hydrogen-bond acceptors (Lipinski definition) is 3. The maximum Gasteiger partial charge on any atom is 0.416 e. The van der Waals surface area contributed by atoms with Crippen LogP contribution in [0.4, 0.5) is 4.79 Å². The molecule has 4 nitrogen and oxygen atoms in total. The quantitative estimate of drug-likeness (QED) is 0.502. The fourth-order valence-corrected chi connectivity index (χ4v) is 0.419. The topological polar surface area (TPSA) is 46.6 Å². The summed E-state index contributed by atoms with van der Waals surface area (Å²) in [6.07, 6.45) is -0.560. The van der Waals surface area contributed by atoms with Crippen molar-refractivity contribution in [3.8, 4) is 0 Å². The summed E-state index contributed by atoms with van der Waals surface area (Å²) >= 11 is 0. The van der Waals surface area contributed by atoms with Crippen LogP contribution in [0.25, 0.3) is 0 Å². The molecular formula is C6H11NO3. The zero-order valence-corrected chi connectivity index (χ0v) is 6.38. The first-order chi connectivity index (χ1) is 4.72. The average molecular weight is 145 g/mol. The highest BCUT2D eigenvalue weighted by Gasteiger charge is 2.26. The van der Waals surface area contributed by atoms with Crippen molar-refractivity contribution in [1.29, 1.82) is 0 Å². The van der Waals surface area contributed by atoms with Crippen molar-refractivity contribution in [2.45, 2.75) is 13.8 Å². The fourth-order valence-electron chi connectivity index (χ4n) is 0.419. The van der Waals surface area contributed by atoms with Gasteiger partial charge in [0.1, 0.15) is 0 Å². The molecule has 1 aliphatic rings. The SMILES string of the molecule is CC.CN1C(=O)COC1=O. The van der Waals surface area contributed by atoms with E-state index in [1.54, 1.807) is 0 Å². The number of imide groups is 1. The third-order valence-corrected chi connectivity index (χ3v) is 0.967. The van der Waals surface area contributed by atoms with Crippen LogP contribution in [0.5, 0.6) is 0 Å². The molecule has 1 aliphatic heterocycles. The molecule has 0 saturated carbocycles. The zero-order valence-electron chi connectivity index (χ0n) is 6.38. The van der Waals surface area contributed by atoms with Gasteiger partial charge < -0.3 is 4.74 Å². The van der Waals surface area contributed by atoms with Gasteiger partial charge in [0.05, 0.1) is 0 Å². The van der Waals surface area contributed by atoms with Gasteiger partial charge in [0.25, 0.3) is 5.91 Å². The number of carbonyl (C=O) groups is 2. The summed E-state index contributed by atoms with van der Waals surface area (Å²) in [6, 6.07) is 0. The lowest BCUT2D eigenvalue weighted by atomic mass is 10.6. The van der Waals surface area contributed by atoms with Crippen molar-refractivity contribution in [2.75, 3.05) is 13.7 Å². The third-order valence-electron chi connectivity index (χ3n) is 0.967. The zero-order chi connectivity index (χ0) is 8.15. The molecule has 0 radical (unpaired) electrons. The van der Waals surface area contributed by atoms with Crippen LogP contribution < -0.4 is 0 Å². The Balaban J connectivity index is 0.000000371. The number of carbonyl (C=O) groups excluding carboxylic acids is 2. The van der Waals surface area contributed by atoms with Crippen LogP contribution >= 0.6 is 0 Å². The second-order valence-electron chi connectivity index (χ2n) is 1.51. The maximum atomic E-state index is 10.4. The highest BCUT2D eigenvalue weighted by molar-refractivity contribution is 5.97. The molecule has 1 heterocycles. The molecule has 0 aromatic rings. The summed E-state index contributed by atoms with van der Waals surface area (Å²) in [6.45, 7) is 3.90. The normalized spacial score (nSPS) is 16.1. The van der Waals surface area contributed by atoms with Crippen LogP contribution in [-0.2, 0) is 9.53 Å².